The summed E-state index contributed by atoms with van der Waals surface area (Å²) in [6, 6.07) is 0. The minimum absolute atomic E-state index is 0.996. The number of rotatable bonds is 35. The first-order valence-corrected chi connectivity index (χ1v) is 19.2. The second kappa shape index (κ2) is 34.4. The van der Waals surface area contributed by atoms with Gasteiger partial charge in [0, 0.05) is 6.67 Å². The molecule has 0 unspecified atom stereocenters. The number of nitrogens with zero attached hydrogens (tertiary/aromatic N) is 2. The van der Waals surface area contributed by atoms with Crippen LogP contribution in [-0.4, -0.2) is 56.7 Å². The lowest BCUT2D eigenvalue weighted by Crippen LogP contribution is -2.32. The zero-order valence-corrected chi connectivity index (χ0v) is 29.6. The summed E-state index contributed by atoms with van der Waals surface area (Å²) in [7, 11) is 4.28. The Morgan fingerprint density at radius 1 is 0.415 bits per heavy atom. The molecule has 3 nitrogen and oxygen atoms in total. The molecule has 1 N–H and O–H groups in total. The Bertz CT molecular complexity index is 450. The first-order valence-electron chi connectivity index (χ1n) is 19.2. The topological polar surface area (TPSA) is 18.5 Å². The quantitative estimate of drug-likeness (QED) is 0.0595. The summed E-state index contributed by atoms with van der Waals surface area (Å²) >= 11 is 0. The van der Waals surface area contributed by atoms with E-state index in [1.807, 2.05) is 0 Å². The Hall–Kier alpha value is -0.120. The van der Waals surface area contributed by atoms with Gasteiger partial charge in [0.1, 0.15) is 0 Å². The molecule has 248 valence electrons. The van der Waals surface area contributed by atoms with Gasteiger partial charge in [0.15, 0.2) is 0 Å². The molecule has 0 saturated heterocycles. The van der Waals surface area contributed by atoms with Crippen LogP contribution < -0.4 is 5.32 Å². The van der Waals surface area contributed by atoms with Gasteiger partial charge in [-0.2, -0.15) is 0 Å². The summed E-state index contributed by atoms with van der Waals surface area (Å²) in [5.41, 5.74) is 0. The summed E-state index contributed by atoms with van der Waals surface area (Å²) in [5, 5.41) is 3.58. The molecule has 3 heteroatoms. The minimum atomic E-state index is 0.996. The molecule has 0 aromatic rings. The average Bonchev–Trinajstić information content (AvgIpc) is 2.96. The highest BCUT2D eigenvalue weighted by Crippen LogP contribution is 2.24. The van der Waals surface area contributed by atoms with Crippen LogP contribution in [0.25, 0.3) is 0 Å². The van der Waals surface area contributed by atoms with Gasteiger partial charge in [0.05, 0.1) is 0 Å². The van der Waals surface area contributed by atoms with Crippen LogP contribution >= 0.6 is 0 Å². The fourth-order valence-electron chi connectivity index (χ4n) is 6.34. The molecule has 0 heterocycles. The fraction of sp³-hybridized carbons (Fsp3) is 1.00. The van der Waals surface area contributed by atoms with Gasteiger partial charge < -0.3 is 10.2 Å². The van der Waals surface area contributed by atoms with Crippen molar-refractivity contribution in [2.75, 3.05) is 46.9 Å². The number of hydrogen-bond acceptors (Lipinski definition) is 3. The second-order valence-electron chi connectivity index (χ2n) is 13.7. The molecule has 41 heavy (non-hydrogen) atoms. The van der Waals surface area contributed by atoms with Crippen LogP contribution in [-0.2, 0) is 0 Å². The highest BCUT2D eigenvalue weighted by atomic mass is 15.2. The Balaban J connectivity index is 4.19. The van der Waals surface area contributed by atoms with Crippen molar-refractivity contribution in [3.63, 3.8) is 0 Å². The van der Waals surface area contributed by atoms with Gasteiger partial charge in [0.2, 0.25) is 0 Å². The number of nitrogens with one attached hydrogen (secondary N) is 1. The Morgan fingerprint density at radius 2 is 0.756 bits per heavy atom. The van der Waals surface area contributed by atoms with Crippen LogP contribution in [0.3, 0.4) is 0 Å². The van der Waals surface area contributed by atoms with Crippen LogP contribution in [0.15, 0.2) is 0 Å². The van der Waals surface area contributed by atoms with Gasteiger partial charge in [-0.1, -0.05) is 175 Å². The lowest BCUT2D eigenvalue weighted by atomic mass is 9.89. The van der Waals surface area contributed by atoms with Crippen LogP contribution in [0.1, 0.15) is 194 Å². The Morgan fingerprint density at radius 3 is 1.15 bits per heavy atom. The second-order valence-corrected chi connectivity index (χ2v) is 13.7. The van der Waals surface area contributed by atoms with Crippen molar-refractivity contribution >= 4 is 0 Å². The summed E-state index contributed by atoms with van der Waals surface area (Å²) in [6.45, 7) is 13.0. The molecule has 0 aromatic heterocycles. The van der Waals surface area contributed by atoms with Gasteiger partial charge in [-0.15, -0.1) is 0 Å². The van der Waals surface area contributed by atoms with Crippen LogP contribution in [0.2, 0.25) is 0 Å². The monoisotopic (exact) mass is 580 g/mol. The van der Waals surface area contributed by atoms with Crippen molar-refractivity contribution in [3.8, 4) is 0 Å². The van der Waals surface area contributed by atoms with E-state index in [9.17, 15) is 0 Å². The van der Waals surface area contributed by atoms with E-state index in [0.717, 1.165) is 19.1 Å². The van der Waals surface area contributed by atoms with E-state index in [1.54, 1.807) is 0 Å². The molecule has 0 aliphatic rings. The molecular formula is C38H81N3. The maximum Gasteiger partial charge on any atom is 0.0474 e. The molecule has 0 atom stereocenters. The third-order valence-corrected chi connectivity index (χ3v) is 9.10. The zero-order valence-electron chi connectivity index (χ0n) is 29.6. The largest absolute Gasteiger partial charge is 0.304 e. The third-order valence-electron chi connectivity index (χ3n) is 9.10. The molecule has 0 aliphatic carbocycles. The normalized spacial score (nSPS) is 12.0. The Kier molecular flexibility index (Phi) is 34.3. The highest BCUT2D eigenvalue weighted by molar-refractivity contribution is 4.64. The highest BCUT2D eigenvalue weighted by Gasteiger charge is 2.09. The third kappa shape index (κ3) is 32.6. The average molecular weight is 580 g/mol. The van der Waals surface area contributed by atoms with E-state index >= 15 is 0 Å². The summed E-state index contributed by atoms with van der Waals surface area (Å²) in [6.07, 6.45) is 38.9. The van der Waals surface area contributed by atoms with E-state index in [4.69, 9.17) is 0 Å². The summed E-state index contributed by atoms with van der Waals surface area (Å²) in [4.78, 5) is 5.01. The van der Waals surface area contributed by atoms with E-state index in [1.165, 1.54) is 193 Å². The predicted molar refractivity (Wildman–Crippen MR) is 188 cm³/mol. The minimum Gasteiger partial charge on any atom is -0.304 e. The molecule has 0 aromatic carbocycles. The van der Waals surface area contributed by atoms with Crippen LogP contribution in [0.5, 0.6) is 0 Å². The van der Waals surface area contributed by atoms with Gasteiger partial charge >= 0.3 is 0 Å². The lowest BCUT2D eigenvalue weighted by molar-refractivity contribution is 0.253. The predicted octanol–water partition coefficient (Wildman–Crippen LogP) is 11.6. The lowest BCUT2D eigenvalue weighted by Gasteiger charge is -2.23. The zero-order chi connectivity index (χ0) is 30.1. The first kappa shape index (κ1) is 40.9. The van der Waals surface area contributed by atoms with Crippen molar-refractivity contribution in [1.82, 2.24) is 15.1 Å². The fourth-order valence-corrected chi connectivity index (χ4v) is 6.34. The first-order chi connectivity index (χ1) is 20.1. The molecule has 0 bridgehead atoms. The smallest absolute Gasteiger partial charge is 0.0474 e. The maximum atomic E-state index is 3.58. The molecule has 0 amide bonds. The maximum absolute atomic E-state index is 3.58. The van der Waals surface area contributed by atoms with Crippen molar-refractivity contribution in [3.05, 3.63) is 0 Å². The van der Waals surface area contributed by atoms with E-state index in [-0.39, 0.29) is 0 Å². The molecular weight excluding hydrogens is 498 g/mol. The molecule has 0 saturated carbocycles. The molecule has 0 rings (SSSR count). The van der Waals surface area contributed by atoms with Gasteiger partial charge in [0.25, 0.3) is 0 Å². The van der Waals surface area contributed by atoms with E-state index < -0.39 is 0 Å². The number of unbranched alkanes of at least 4 members (excludes halogenated alkanes) is 19. The van der Waals surface area contributed by atoms with Crippen molar-refractivity contribution in [2.24, 2.45) is 5.92 Å². The molecule has 0 aliphatic heterocycles. The van der Waals surface area contributed by atoms with Gasteiger partial charge in [-0.3, -0.25) is 4.90 Å². The van der Waals surface area contributed by atoms with Crippen LogP contribution in [0, 0.1) is 5.92 Å². The van der Waals surface area contributed by atoms with Crippen LogP contribution in [0.4, 0.5) is 0 Å². The summed E-state index contributed by atoms with van der Waals surface area (Å²) < 4.78 is 0. The standard InChI is InChI=1S/C38H81N3/c1-6-9-12-15-19-24-30-38(31-25-20-16-13-10-7-2)32-26-21-18-23-28-35-41(34-27-22-17-14-11-8-3)36-29-33-39-37-40(4)5/h38-39H,6-37H2,1-5H3. The molecule has 0 spiro atoms. The van der Waals surface area contributed by atoms with E-state index in [0.29, 0.717) is 0 Å². The molecule has 0 fully saturated rings. The van der Waals surface area contributed by atoms with Crippen molar-refractivity contribution in [2.45, 2.75) is 194 Å². The molecule has 0 radical (unpaired) electrons. The van der Waals surface area contributed by atoms with Crippen molar-refractivity contribution in [1.29, 1.82) is 0 Å². The van der Waals surface area contributed by atoms with Gasteiger partial charge in [-0.05, 0) is 65.5 Å². The van der Waals surface area contributed by atoms with Gasteiger partial charge in [-0.25, -0.2) is 0 Å². The van der Waals surface area contributed by atoms with Crippen molar-refractivity contribution < 1.29 is 0 Å². The Labute approximate surface area is 261 Å². The number of hydrogen-bond donors (Lipinski definition) is 1. The SMILES string of the molecule is CCCCCCCCC(CCCCCCCC)CCCCCCCN(CCCCCCCC)CCCNCN(C)C. The van der Waals surface area contributed by atoms with E-state index in [2.05, 4.69) is 50.0 Å². The summed E-state index contributed by atoms with van der Waals surface area (Å²) in [5.74, 6) is 1.02.